The van der Waals surface area contributed by atoms with Gasteiger partial charge in [-0.05, 0) is 45.4 Å². The second-order valence-electron chi connectivity index (χ2n) is 6.06. The lowest BCUT2D eigenvalue weighted by Crippen LogP contribution is -3.00. The first kappa shape index (κ1) is 20.5. The Kier molecular flexibility index (Phi) is 8.79. The second-order valence-corrected chi connectivity index (χ2v) is 6.06. The van der Waals surface area contributed by atoms with Crippen LogP contribution in [0.25, 0.3) is 0 Å². The fourth-order valence-electron chi connectivity index (χ4n) is 2.83. The molecule has 1 unspecified atom stereocenters. The summed E-state index contributed by atoms with van der Waals surface area (Å²) in [4.78, 5) is 26.0. The molecule has 1 atom stereocenters. The summed E-state index contributed by atoms with van der Waals surface area (Å²) in [5.74, 6) is -0.155. The highest BCUT2D eigenvalue weighted by Gasteiger charge is 2.26. The number of carbonyl (C=O) groups is 2. The van der Waals surface area contributed by atoms with Gasteiger partial charge in [0.15, 0.2) is 0 Å². The van der Waals surface area contributed by atoms with E-state index in [2.05, 4.69) is 10.2 Å². The molecule has 6 heteroatoms. The van der Waals surface area contributed by atoms with Gasteiger partial charge in [-0.25, -0.2) is 0 Å². The number of esters is 1. The van der Waals surface area contributed by atoms with Gasteiger partial charge in [0, 0.05) is 25.2 Å². The first-order valence-corrected chi connectivity index (χ1v) is 8.34. The molecule has 1 aromatic rings. The molecule has 5 nitrogen and oxygen atoms in total. The maximum absolute atomic E-state index is 12.0. The van der Waals surface area contributed by atoms with Crippen LogP contribution in [0.1, 0.15) is 31.7 Å². The minimum Gasteiger partial charge on any atom is -1.00 e. The molecule has 1 aliphatic heterocycles. The number of hydrogen-bond acceptors (Lipinski definition) is 4. The van der Waals surface area contributed by atoms with Crippen molar-refractivity contribution in [1.29, 1.82) is 0 Å². The molecule has 1 fully saturated rings. The lowest BCUT2D eigenvalue weighted by Gasteiger charge is -2.31. The molecule has 0 aliphatic carbocycles. The standard InChI is InChI=1S/C18H26N2O3.ClH/c1-3-23-18(22)15-5-4-11-20(13-15)12-10-17(21)19-16-8-6-14(2)7-9-16;/h6-9,15H,3-5,10-13H2,1-2H3,(H,19,21);1H/p-1. The topological polar surface area (TPSA) is 58.6 Å². The van der Waals surface area contributed by atoms with Crippen molar-refractivity contribution in [2.75, 3.05) is 31.6 Å². The van der Waals surface area contributed by atoms with Crippen LogP contribution in [0.5, 0.6) is 0 Å². The van der Waals surface area contributed by atoms with Crippen LogP contribution < -0.4 is 17.7 Å². The van der Waals surface area contributed by atoms with Gasteiger partial charge in [-0.1, -0.05) is 17.7 Å². The Balaban J connectivity index is 0.00000288. The van der Waals surface area contributed by atoms with Gasteiger partial charge in [-0.15, -0.1) is 0 Å². The number of amides is 1. The zero-order valence-corrected chi connectivity index (χ0v) is 15.1. The maximum atomic E-state index is 12.0. The predicted molar refractivity (Wildman–Crippen MR) is 90.2 cm³/mol. The predicted octanol–water partition coefficient (Wildman–Crippen LogP) is -0.397. The third-order valence-electron chi connectivity index (χ3n) is 4.12. The van der Waals surface area contributed by atoms with E-state index in [1.807, 2.05) is 38.1 Å². The van der Waals surface area contributed by atoms with E-state index < -0.39 is 0 Å². The van der Waals surface area contributed by atoms with Crippen LogP contribution in [0.4, 0.5) is 5.69 Å². The quantitative estimate of drug-likeness (QED) is 0.707. The van der Waals surface area contributed by atoms with Gasteiger partial charge >= 0.3 is 5.97 Å². The molecule has 2 rings (SSSR count). The van der Waals surface area contributed by atoms with E-state index in [0.717, 1.165) is 25.1 Å². The van der Waals surface area contributed by atoms with E-state index >= 15 is 0 Å². The van der Waals surface area contributed by atoms with Crippen molar-refractivity contribution >= 4 is 17.6 Å². The van der Waals surface area contributed by atoms with Crippen molar-refractivity contribution in [3.63, 3.8) is 0 Å². The summed E-state index contributed by atoms with van der Waals surface area (Å²) in [7, 11) is 0. The van der Waals surface area contributed by atoms with E-state index in [0.29, 0.717) is 26.1 Å². The maximum Gasteiger partial charge on any atom is 0.310 e. The Hall–Kier alpha value is -1.59. The molecule has 1 amide bonds. The number of benzene rings is 1. The van der Waals surface area contributed by atoms with Crippen LogP contribution in [-0.4, -0.2) is 43.0 Å². The average molecular weight is 354 g/mol. The molecule has 1 aliphatic rings. The molecule has 1 N–H and O–H groups in total. The summed E-state index contributed by atoms with van der Waals surface area (Å²) < 4.78 is 5.10. The number of halogens is 1. The van der Waals surface area contributed by atoms with E-state index in [4.69, 9.17) is 4.74 Å². The highest BCUT2D eigenvalue weighted by Crippen LogP contribution is 2.18. The summed E-state index contributed by atoms with van der Waals surface area (Å²) in [6, 6.07) is 7.77. The lowest BCUT2D eigenvalue weighted by molar-refractivity contribution is -0.149. The van der Waals surface area contributed by atoms with Gasteiger partial charge in [0.05, 0.1) is 12.5 Å². The van der Waals surface area contributed by atoms with Crippen LogP contribution in [0.15, 0.2) is 24.3 Å². The summed E-state index contributed by atoms with van der Waals surface area (Å²) >= 11 is 0. The molecule has 1 heterocycles. The second kappa shape index (κ2) is 10.3. The third-order valence-corrected chi connectivity index (χ3v) is 4.12. The molecule has 0 bridgehead atoms. The lowest BCUT2D eigenvalue weighted by atomic mass is 9.98. The first-order valence-electron chi connectivity index (χ1n) is 8.34. The normalized spacial score (nSPS) is 17.7. The molecular weight excluding hydrogens is 328 g/mol. The summed E-state index contributed by atoms with van der Waals surface area (Å²) in [6.07, 6.45) is 2.29. The Morgan fingerprint density at radius 2 is 2.00 bits per heavy atom. The zero-order chi connectivity index (χ0) is 16.7. The number of piperidine rings is 1. The minimum atomic E-state index is -0.110. The molecule has 0 aromatic heterocycles. The molecule has 1 aromatic carbocycles. The van der Waals surface area contributed by atoms with Crippen LogP contribution in [0, 0.1) is 12.8 Å². The number of aryl methyl sites for hydroxylation is 1. The third kappa shape index (κ3) is 6.49. The van der Waals surface area contributed by atoms with Crippen LogP contribution in [0.2, 0.25) is 0 Å². The zero-order valence-electron chi connectivity index (χ0n) is 14.4. The monoisotopic (exact) mass is 353 g/mol. The fourth-order valence-corrected chi connectivity index (χ4v) is 2.83. The Bertz CT molecular complexity index is 534. The molecule has 134 valence electrons. The van der Waals surface area contributed by atoms with Gasteiger partial charge in [-0.2, -0.15) is 0 Å². The molecule has 24 heavy (non-hydrogen) atoms. The highest BCUT2D eigenvalue weighted by molar-refractivity contribution is 5.90. The highest BCUT2D eigenvalue weighted by atomic mass is 35.5. The number of rotatable bonds is 6. The Morgan fingerprint density at radius 3 is 2.67 bits per heavy atom. The van der Waals surface area contributed by atoms with Crippen molar-refractivity contribution in [1.82, 2.24) is 4.90 Å². The van der Waals surface area contributed by atoms with Crippen LogP contribution in [0.3, 0.4) is 0 Å². The number of nitrogens with one attached hydrogen (secondary N) is 1. The average Bonchev–Trinajstić information content (AvgIpc) is 2.56. The Morgan fingerprint density at radius 1 is 1.29 bits per heavy atom. The molecular formula is C18H26ClN2O3-. The van der Waals surface area contributed by atoms with Crippen molar-refractivity contribution in [2.45, 2.75) is 33.1 Å². The van der Waals surface area contributed by atoms with Crippen molar-refractivity contribution in [3.8, 4) is 0 Å². The van der Waals surface area contributed by atoms with Crippen molar-refractivity contribution in [2.24, 2.45) is 5.92 Å². The summed E-state index contributed by atoms with van der Waals surface area (Å²) in [5.41, 5.74) is 1.99. The number of nitrogens with zero attached hydrogens (tertiary/aromatic N) is 1. The van der Waals surface area contributed by atoms with Gasteiger partial charge in [0.25, 0.3) is 0 Å². The minimum absolute atomic E-state index is 0. The van der Waals surface area contributed by atoms with Crippen LogP contribution in [-0.2, 0) is 14.3 Å². The molecule has 1 saturated heterocycles. The number of hydrogen-bond donors (Lipinski definition) is 1. The Labute approximate surface area is 150 Å². The SMILES string of the molecule is CCOC(=O)C1CCCN(CCC(=O)Nc2ccc(C)cc2)C1.[Cl-]. The molecule has 0 saturated carbocycles. The summed E-state index contributed by atoms with van der Waals surface area (Å²) in [5, 5.41) is 2.91. The fraction of sp³-hybridized carbons (Fsp3) is 0.556. The van der Waals surface area contributed by atoms with Gasteiger partial charge in [0.2, 0.25) is 5.91 Å². The summed E-state index contributed by atoms with van der Waals surface area (Å²) in [6.45, 7) is 6.57. The van der Waals surface area contributed by atoms with E-state index in [1.165, 1.54) is 5.56 Å². The van der Waals surface area contributed by atoms with E-state index in [-0.39, 0.29) is 30.2 Å². The number of carbonyl (C=O) groups excluding carboxylic acids is 2. The van der Waals surface area contributed by atoms with Crippen molar-refractivity contribution in [3.05, 3.63) is 29.8 Å². The van der Waals surface area contributed by atoms with Gasteiger partial charge in [0.1, 0.15) is 0 Å². The van der Waals surface area contributed by atoms with E-state index in [1.54, 1.807) is 0 Å². The number of anilines is 1. The largest absolute Gasteiger partial charge is 1.00 e. The number of ether oxygens (including phenoxy) is 1. The smallest absolute Gasteiger partial charge is 0.310 e. The van der Waals surface area contributed by atoms with Crippen molar-refractivity contribution < 1.29 is 26.7 Å². The molecule has 0 spiro atoms. The first-order chi connectivity index (χ1) is 11.1. The van der Waals surface area contributed by atoms with Gasteiger partial charge in [-0.3, -0.25) is 9.59 Å². The van der Waals surface area contributed by atoms with Crippen LogP contribution >= 0.6 is 0 Å². The van der Waals surface area contributed by atoms with Gasteiger partial charge < -0.3 is 27.4 Å². The van der Waals surface area contributed by atoms with E-state index in [9.17, 15) is 9.59 Å². The molecule has 0 radical (unpaired) electrons. The number of likely N-dealkylation sites (tertiary alicyclic amines) is 1.